The molecule has 0 radical (unpaired) electrons. The summed E-state index contributed by atoms with van der Waals surface area (Å²) in [6.07, 6.45) is 0.543. The maximum Gasteiger partial charge on any atom is 0.288 e. The van der Waals surface area contributed by atoms with E-state index in [1.807, 2.05) is 24.1 Å². The van der Waals surface area contributed by atoms with Crippen molar-refractivity contribution in [3.63, 3.8) is 0 Å². The lowest BCUT2D eigenvalue weighted by atomic mass is 10.1. The first kappa shape index (κ1) is 17.1. The van der Waals surface area contributed by atoms with Gasteiger partial charge in [0.2, 0.25) is 5.89 Å². The van der Waals surface area contributed by atoms with Gasteiger partial charge in [-0.05, 0) is 37.8 Å². The molecule has 23 heavy (non-hydrogen) atoms. The largest absolute Gasteiger partial charge is 0.414 e. The molecule has 126 valence electrons. The molecule has 0 unspecified atom stereocenters. The summed E-state index contributed by atoms with van der Waals surface area (Å²) >= 11 is 12.7. The number of hydrogen-bond acceptors (Lipinski definition) is 7. The Hall–Kier alpha value is -0.740. The standard InChI is InChI=1S/C13H16ClN3O3S3/c1-16(6-10-2-3-11(14)22-10)8-17-13(21)20-12(15-17)9-4-5-23(18,19)7-9/h2-3,9H,4-8H2,1H3/t9-/m0/s1. The number of hydrogen-bond donors (Lipinski definition) is 0. The fraction of sp³-hybridized carbons (Fsp3) is 0.538. The van der Waals surface area contributed by atoms with Crippen molar-refractivity contribution in [2.45, 2.75) is 25.6 Å². The van der Waals surface area contributed by atoms with E-state index >= 15 is 0 Å². The zero-order valence-corrected chi connectivity index (χ0v) is 15.6. The monoisotopic (exact) mass is 393 g/mol. The first-order chi connectivity index (χ1) is 10.8. The average molecular weight is 394 g/mol. The lowest BCUT2D eigenvalue weighted by Crippen LogP contribution is -2.22. The number of thiophene rings is 1. The van der Waals surface area contributed by atoms with E-state index < -0.39 is 9.84 Å². The van der Waals surface area contributed by atoms with Gasteiger partial charge in [-0.1, -0.05) is 11.6 Å². The molecular formula is C13H16ClN3O3S3. The molecule has 3 heterocycles. The second kappa shape index (κ2) is 6.64. The summed E-state index contributed by atoms with van der Waals surface area (Å²) in [4.78, 5) is 3.45. The summed E-state index contributed by atoms with van der Waals surface area (Å²) in [7, 11) is -1.03. The van der Waals surface area contributed by atoms with Crippen LogP contribution in [0.25, 0.3) is 0 Å². The molecule has 3 rings (SSSR count). The van der Waals surface area contributed by atoms with Gasteiger partial charge in [-0.2, -0.15) is 0 Å². The normalized spacial score (nSPS) is 20.4. The van der Waals surface area contributed by atoms with Crippen LogP contribution < -0.4 is 0 Å². The van der Waals surface area contributed by atoms with Crippen LogP contribution in [0.1, 0.15) is 23.1 Å². The molecule has 2 aromatic heterocycles. The minimum absolute atomic E-state index is 0.0891. The minimum atomic E-state index is -2.97. The SMILES string of the molecule is CN(Cc1ccc(Cl)s1)Cn1nc([C@H]2CCS(=O)(=O)C2)oc1=S. The van der Waals surface area contributed by atoms with Crippen molar-refractivity contribution in [1.29, 1.82) is 0 Å². The van der Waals surface area contributed by atoms with Crippen molar-refractivity contribution in [2.24, 2.45) is 0 Å². The van der Waals surface area contributed by atoms with Gasteiger partial charge in [0.25, 0.3) is 4.84 Å². The molecule has 1 saturated heterocycles. The summed E-state index contributed by atoms with van der Waals surface area (Å²) in [5.41, 5.74) is 0. The quantitative estimate of drug-likeness (QED) is 0.727. The Bertz CT molecular complexity index is 855. The van der Waals surface area contributed by atoms with Gasteiger partial charge in [-0.25, -0.2) is 13.1 Å². The van der Waals surface area contributed by atoms with Crippen LogP contribution in [0.3, 0.4) is 0 Å². The van der Waals surface area contributed by atoms with E-state index in [-0.39, 0.29) is 22.3 Å². The lowest BCUT2D eigenvalue weighted by Gasteiger charge is -2.14. The molecule has 1 aliphatic rings. The second-order valence-corrected chi connectivity index (χ2v) is 10.0. The van der Waals surface area contributed by atoms with E-state index in [2.05, 4.69) is 5.10 Å². The smallest absolute Gasteiger partial charge is 0.288 e. The highest BCUT2D eigenvalue weighted by Gasteiger charge is 2.32. The third kappa shape index (κ3) is 4.21. The fourth-order valence-electron chi connectivity index (χ4n) is 2.55. The van der Waals surface area contributed by atoms with Crippen LogP contribution in [-0.4, -0.2) is 41.7 Å². The first-order valence-corrected chi connectivity index (χ1v) is 10.5. The van der Waals surface area contributed by atoms with Gasteiger partial charge < -0.3 is 4.42 Å². The van der Waals surface area contributed by atoms with E-state index in [0.717, 1.165) is 15.8 Å². The van der Waals surface area contributed by atoms with Crippen molar-refractivity contribution >= 4 is 45.0 Å². The third-order valence-corrected chi connectivity index (χ3v) is 6.91. The maximum atomic E-state index is 11.6. The highest BCUT2D eigenvalue weighted by Crippen LogP contribution is 2.28. The molecule has 0 aromatic carbocycles. The van der Waals surface area contributed by atoms with Gasteiger partial charge in [-0.3, -0.25) is 4.90 Å². The molecule has 0 N–H and O–H groups in total. The molecule has 2 aromatic rings. The molecule has 10 heteroatoms. The Morgan fingerprint density at radius 1 is 1.57 bits per heavy atom. The second-order valence-electron chi connectivity index (χ2n) is 5.67. The van der Waals surface area contributed by atoms with Gasteiger partial charge in [0.1, 0.15) is 0 Å². The molecule has 0 saturated carbocycles. The molecule has 1 atom stereocenters. The highest BCUT2D eigenvalue weighted by atomic mass is 35.5. The van der Waals surface area contributed by atoms with Gasteiger partial charge in [0.05, 0.1) is 28.4 Å². The topological polar surface area (TPSA) is 68.3 Å². The summed E-state index contributed by atoms with van der Waals surface area (Å²) in [6.45, 7) is 1.19. The molecule has 0 aliphatic carbocycles. The molecule has 0 amide bonds. The summed E-state index contributed by atoms with van der Waals surface area (Å²) in [5.74, 6) is 0.505. The van der Waals surface area contributed by atoms with E-state index in [1.165, 1.54) is 11.3 Å². The van der Waals surface area contributed by atoms with Crippen LogP contribution >= 0.6 is 35.2 Å². The van der Waals surface area contributed by atoms with Crippen molar-refractivity contribution in [2.75, 3.05) is 18.6 Å². The predicted molar refractivity (Wildman–Crippen MR) is 92.1 cm³/mol. The molecule has 6 nitrogen and oxygen atoms in total. The van der Waals surface area contributed by atoms with E-state index in [9.17, 15) is 8.42 Å². The van der Waals surface area contributed by atoms with E-state index in [0.29, 0.717) is 19.0 Å². The zero-order chi connectivity index (χ0) is 16.6. The Morgan fingerprint density at radius 2 is 2.35 bits per heavy atom. The van der Waals surface area contributed by atoms with Crippen LogP contribution in [-0.2, 0) is 23.1 Å². The number of aromatic nitrogens is 2. The van der Waals surface area contributed by atoms with Crippen molar-refractivity contribution in [1.82, 2.24) is 14.7 Å². The Balaban J connectivity index is 1.68. The third-order valence-electron chi connectivity index (χ3n) is 3.63. The van der Waals surface area contributed by atoms with Gasteiger partial charge in [-0.15, -0.1) is 16.4 Å². The molecule has 1 aliphatic heterocycles. The van der Waals surface area contributed by atoms with Crippen molar-refractivity contribution in [3.8, 4) is 0 Å². The van der Waals surface area contributed by atoms with Crippen molar-refractivity contribution in [3.05, 3.63) is 32.1 Å². The van der Waals surface area contributed by atoms with E-state index in [4.69, 9.17) is 28.2 Å². The Kier molecular flexibility index (Phi) is 4.93. The van der Waals surface area contributed by atoms with Crippen LogP contribution in [0.15, 0.2) is 16.5 Å². The van der Waals surface area contributed by atoms with Crippen LogP contribution in [0.5, 0.6) is 0 Å². The molecule has 0 spiro atoms. The number of rotatable bonds is 5. The number of nitrogens with zero attached hydrogens (tertiary/aromatic N) is 3. The van der Waals surface area contributed by atoms with Gasteiger partial charge >= 0.3 is 0 Å². The minimum Gasteiger partial charge on any atom is -0.414 e. The van der Waals surface area contributed by atoms with Crippen LogP contribution in [0.2, 0.25) is 4.34 Å². The lowest BCUT2D eigenvalue weighted by molar-refractivity contribution is 0.242. The number of sulfone groups is 1. The van der Waals surface area contributed by atoms with Crippen molar-refractivity contribution < 1.29 is 12.8 Å². The fourth-order valence-corrected chi connectivity index (χ4v) is 5.63. The zero-order valence-electron chi connectivity index (χ0n) is 12.4. The first-order valence-electron chi connectivity index (χ1n) is 7.03. The Labute approximate surface area is 148 Å². The van der Waals surface area contributed by atoms with Gasteiger partial charge in [0, 0.05) is 11.4 Å². The Morgan fingerprint density at radius 3 is 2.96 bits per heavy atom. The van der Waals surface area contributed by atoms with Crippen LogP contribution in [0, 0.1) is 4.84 Å². The van der Waals surface area contributed by atoms with Crippen LogP contribution in [0.4, 0.5) is 0 Å². The number of halogens is 1. The summed E-state index contributed by atoms with van der Waals surface area (Å²) in [6, 6.07) is 3.86. The average Bonchev–Trinajstić information content (AvgIpc) is 3.11. The molecular weight excluding hydrogens is 378 g/mol. The summed E-state index contributed by atoms with van der Waals surface area (Å²) < 4.78 is 31.0. The van der Waals surface area contributed by atoms with Gasteiger partial charge in [0.15, 0.2) is 9.84 Å². The highest BCUT2D eigenvalue weighted by molar-refractivity contribution is 7.91. The summed E-state index contributed by atoms with van der Waals surface area (Å²) in [5, 5.41) is 4.36. The van der Waals surface area contributed by atoms with E-state index in [1.54, 1.807) is 4.68 Å². The molecule has 1 fully saturated rings. The molecule has 0 bridgehead atoms. The predicted octanol–water partition coefficient (Wildman–Crippen LogP) is 2.91. The maximum absolute atomic E-state index is 11.6.